The van der Waals surface area contributed by atoms with Crippen LogP contribution in [0.2, 0.25) is 0 Å². The Kier molecular flexibility index (Phi) is 3.06. The Hall–Kier alpha value is -0.670. The molecule has 0 amide bonds. The number of rotatable bonds is 2. The van der Waals surface area contributed by atoms with E-state index in [0.717, 1.165) is 5.92 Å². The Morgan fingerprint density at radius 1 is 1.31 bits per heavy atom. The molecule has 0 aromatic heterocycles. The average molecular weight is 234 g/mol. The summed E-state index contributed by atoms with van der Waals surface area (Å²) in [7, 11) is 0. The molecule has 2 aliphatic rings. The second-order valence-corrected chi connectivity index (χ2v) is 5.75. The molecule has 0 radical (unpaired) electrons. The lowest BCUT2D eigenvalue weighted by molar-refractivity contribution is 0.357. The van der Waals surface area contributed by atoms with Crippen molar-refractivity contribution in [1.29, 1.82) is 0 Å². The Bertz CT molecular complexity index is 361. The minimum absolute atomic E-state index is 0.654. The van der Waals surface area contributed by atoms with E-state index in [0.29, 0.717) is 5.25 Å². The average Bonchev–Trinajstić information content (AvgIpc) is 2.74. The second kappa shape index (κ2) is 4.68. The molecule has 1 aromatic carbocycles. The fraction of sp³-hybridized carbons (Fsp3) is 0.538. The van der Waals surface area contributed by atoms with E-state index in [1.165, 1.54) is 43.6 Å². The molecule has 2 nitrogen and oxygen atoms in total. The number of piperidine rings is 1. The Morgan fingerprint density at radius 2 is 2.25 bits per heavy atom. The van der Waals surface area contributed by atoms with Gasteiger partial charge in [0.05, 0.1) is 5.25 Å². The molecule has 1 aromatic rings. The maximum Gasteiger partial charge on any atom is 0.0519 e. The summed E-state index contributed by atoms with van der Waals surface area (Å²) in [5.41, 5.74) is 2.82. The smallest absolute Gasteiger partial charge is 0.0519 e. The van der Waals surface area contributed by atoms with Gasteiger partial charge in [0, 0.05) is 5.69 Å². The number of para-hydroxylation sites is 1. The topological polar surface area (TPSA) is 24.1 Å². The summed E-state index contributed by atoms with van der Waals surface area (Å²) in [4.78, 5) is 0. The van der Waals surface area contributed by atoms with E-state index < -0.39 is 0 Å². The lowest BCUT2D eigenvalue weighted by atomic mass is 9.92. The highest BCUT2D eigenvalue weighted by Gasteiger charge is 2.26. The van der Waals surface area contributed by atoms with Crippen LogP contribution in [-0.4, -0.2) is 13.1 Å². The van der Waals surface area contributed by atoms with E-state index in [-0.39, 0.29) is 0 Å². The molecule has 16 heavy (non-hydrogen) atoms. The Balaban J connectivity index is 1.68. The van der Waals surface area contributed by atoms with Gasteiger partial charge in [-0.15, -0.1) is 0 Å². The maximum atomic E-state index is 3.50. The molecule has 0 spiro atoms. The molecule has 3 rings (SSSR count). The Morgan fingerprint density at radius 3 is 3.12 bits per heavy atom. The van der Waals surface area contributed by atoms with Crippen molar-refractivity contribution >= 4 is 17.6 Å². The summed E-state index contributed by atoms with van der Waals surface area (Å²) in [5, 5.41) is 4.16. The van der Waals surface area contributed by atoms with Gasteiger partial charge in [-0.25, -0.2) is 0 Å². The van der Waals surface area contributed by atoms with Crippen LogP contribution >= 0.6 is 11.9 Å². The van der Waals surface area contributed by atoms with Crippen molar-refractivity contribution in [1.82, 2.24) is 5.32 Å². The highest BCUT2D eigenvalue weighted by molar-refractivity contribution is 8.01. The largest absolute Gasteiger partial charge is 0.329 e. The standard InChI is InChI=1S/C13H18N2S/c1-2-6-12-11(5-1)13(16-15-12)8-10-4-3-7-14-9-10/h1-2,5-6,10,13-15H,3-4,7-9H2/t10-,13?/m1/s1. The molecule has 1 unspecified atom stereocenters. The van der Waals surface area contributed by atoms with Gasteiger partial charge in [-0.05, 0) is 61.8 Å². The van der Waals surface area contributed by atoms with E-state index >= 15 is 0 Å². The van der Waals surface area contributed by atoms with Crippen LogP contribution in [0.4, 0.5) is 5.69 Å². The summed E-state index contributed by atoms with van der Waals surface area (Å²) < 4.78 is 3.44. The third-order valence-corrected chi connectivity index (χ3v) is 4.63. The summed E-state index contributed by atoms with van der Waals surface area (Å²) in [6, 6.07) is 8.71. The van der Waals surface area contributed by atoms with Crippen LogP contribution in [0.1, 0.15) is 30.1 Å². The van der Waals surface area contributed by atoms with Gasteiger partial charge in [0.15, 0.2) is 0 Å². The van der Waals surface area contributed by atoms with Crippen molar-refractivity contribution in [3.8, 4) is 0 Å². The summed E-state index contributed by atoms with van der Waals surface area (Å²) in [6.45, 7) is 2.42. The van der Waals surface area contributed by atoms with Gasteiger partial charge in [0.1, 0.15) is 0 Å². The van der Waals surface area contributed by atoms with Crippen LogP contribution < -0.4 is 10.0 Å². The minimum atomic E-state index is 0.654. The maximum absolute atomic E-state index is 3.50. The first-order valence-corrected chi connectivity index (χ1v) is 7.03. The Labute approximate surface area is 101 Å². The number of anilines is 1. The molecule has 0 aliphatic carbocycles. The van der Waals surface area contributed by atoms with Crippen molar-refractivity contribution in [2.75, 3.05) is 17.8 Å². The predicted molar refractivity (Wildman–Crippen MR) is 70.6 cm³/mol. The summed E-state index contributed by atoms with van der Waals surface area (Å²) >= 11 is 1.89. The highest BCUT2D eigenvalue weighted by Crippen LogP contribution is 2.45. The third-order valence-electron chi connectivity index (χ3n) is 3.57. The first kappa shape index (κ1) is 10.5. The van der Waals surface area contributed by atoms with E-state index in [1.807, 2.05) is 11.9 Å². The minimum Gasteiger partial charge on any atom is -0.329 e. The van der Waals surface area contributed by atoms with E-state index in [4.69, 9.17) is 0 Å². The monoisotopic (exact) mass is 234 g/mol. The summed E-state index contributed by atoms with van der Waals surface area (Å²) in [6.07, 6.45) is 4.05. The number of fused-ring (bicyclic) bond motifs is 1. The lowest BCUT2D eigenvalue weighted by Gasteiger charge is -2.24. The van der Waals surface area contributed by atoms with Crippen LogP contribution in [0, 0.1) is 5.92 Å². The molecule has 0 saturated carbocycles. The molecule has 3 heteroatoms. The number of hydrogen-bond donors (Lipinski definition) is 2. The van der Waals surface area contributed by atoms with Crippen LogP contribution in [0.5, 0.6) is 0 Å². The van der Waals surface area contributed by atoms with Gasteiger partial charge in [0.25, 0.3) is 0 Å². The van der Waals surface area contributed by atoms with Crippen LogP contribution in [0.15, 0.2) is 24.3 Å². The SMILES string of the molecule is c1ccc2c(c1)NSC2C[C@H]1CCCNC1. The predicted octanol–water partition coefficient (Wildman–Crippen LogP) is 3.19. The van der Waals surface area contributed by atoms with Gasteiger partial charge in [0.2, 0.25) is 0 Å². The number of benzene rings is 1. The van der Waals surface area contributed by atoms with E-state index in [9.17, 15) is 0 Å². The fourth-order valence-electron chi connectivity index (χ4n) is 2.67. The molecule has 0 bridgehead atoms. The number of hydrogen-bond acceptors (Lipinski definition) is 3. The molecule has 2 N–H and O–H groups in total. The second-order valence-electron chi connectivity index (χ2n) is 4.74. The van der Waals surface area contributed by atoms with Crippen molar-refractivity contribution in [2.45, 2.75) is 24.5 Å². The molecule has 1 saturated heterocycles. The molecule has 2 atom stereocenters. The molecular weight excluding hydrogens is 216 g/mol. The first-order chi connectivity index (χ1) is 7.93. The summed E-state index contributed by atoms with van der Waals surface area (Å²) in [5.74, 6) is 0.860. The molecular formula is C13H18N2S. The third kappa shape index (κ3) is 2.06. The van der Waals surface area contributed by atoms with Crippen molar-refractivity contribution in [3.05, 3.63) is 29.8 Å². The zero-order valence-electron chi connectivity index (χ0n) is 9.41. The van der Waals surface area contributed by atoms with Gasteiger partial charge in [-0.3, -0.25) is 0 Å². The van der Waals surface area contributed by atoms with Gasteiger partial charge in [-0.2, -0.15) is 0 Å². The van der Waals surface area contributed by atoms with Gasteiger partial charge in [-0.1, -0.05) is 18.2 Å². The highest BCUT2D eigenvalue weighted by atomic mass is 32.2. The normalized spacial score (nSPS) is 28.5. The fourth-order valence-corrected chi connectivity index (χ4v) is 3.83. The number of nitrogens with one attached hydrogen (secondary N) is 2. The van der Waals surface area contributed by atoms with Gasteiger partial charge < -0.3 is 10.0 Å². The van der Waals surface area contributed by atoms with E-state index in [2.05, 4.69) is 34.3 Å². The van der Waals surface area contributed by atoms with Crippen LogP contribution in [0.25, 0.3) is 0 Å². The van der Waals surface area contributed by atoms with Crippen molar-refractivity contribution in [3.63, 3.8) is 0 Å². The van der Waals surface area contributed by atoms with Crippen LogP contribution in [-0.2, 0) is 0 Å². The molecule has 2 heterocycles. The van der Waals surface area contributed by atoms with Crippen molar-refractivity contribution in [2.24, 2.45) is 5.92 Å². The molecule has 2 aliphatic heterocycles. The van der Waals surface area contributed by atoms with Gasteiger partial charge >= 0.3 is 0 Å². The quantitative estimate of drug-likeness (QED) is 0.768. The zero-order valence-corrected chi connectivity index (χ0v) is 10.2. The van der Waals surface area contributed by atoms with Crippen molar-refractivity contribution < 1.29 is 0 Å². The van der Waals surface area contributed by atoms with E-state index in [1.54, 1.807) is 0 Å². The van der Waals surface area contributed by atoms with Crippen LogP contribution in [0.3, 0.4) is 0 Å². The first-order valence-electron chi connectivity index (χ1n) is 6.15. The zero-order chi connectivity index (χ0) is 10.8. The lowest BCUT2D eigenvalue weighted by Crippen LogP contribution is -2.30. The molecule has 1 fully saturated rings. The molecule has 86 valence electrons.